The van der Waals surface area contributed by atoms with E-state index < -0.39 is 34.0 Å². The first-order chi connectivity index (χ1) is 15.7. The first kappa shape index (κ1) is 22.5. The summed E-state index contributed by atoms with van der Waals surface area (Å²) in [5.74, 6) is -1.78. The molecule has 0 aliphatic carbocycles. The van der Waals surface area contributed by atoms with Gasteiger partial charge >= 0.3 is 12.2 Å². The molecule has 1 atom stereocenters. The molecule has 2 N–H and O–H groups in total. The van der Waals surface area contributed by atoms with Crippen LogP contribution >= 0.6 is 0 Å². The summed E-state index contributed by atoms with van der Waals surface area (Å²) in [6.07, 6.45) is 1.59. The van der Waals surface area contributed by atoms with Gasteiger partial charge < -0.3 is 13.9 Å². The Labute approximate surface area is 187 Å². The number of ether oxygens (including phenoxy) is 2. The predicted molar refractivity (Wildman–Crippen MR) is 111 cm³/mol. The number of nitrogens with zero attached hydrogens (tertiary/aromatic N) is 2. The highest BCUT2D eigenvalue weighted by atomic mass is 32.2. The topological polar surface area (TPSA) is 123 Å². The minimum Gasteiger partial charge on any atom is -0.417 e. The molecule has 0 spiro atoms. The summed E-state index contributed by atoms with van der Waals surface area (Å²) in [7, 11) is -2.77. The van der Waals surface area contributed by atoms with Crippen LogP contribution in [0.4, 0.5) is 19.3 Å². The van der Waals surface area contributed by atoms with Crippen molar-refractivity contribution in [3.63, 3.8) is 0 Å². The van der Waals surface area contributed by atoms with Gasteiger partial charge in [-0.3, -0.25) is 9.62 Å². The maximum Gasteiger partial charge on any atom is 0.416 e. The summed E-state index contributed by atoms with van der Waals surface area (Å²) >= 11 is 0. The van der Waals surface area contributed by atoms with Crippen LogP contribution in [0.3, 0.4) is 0 Å². The van der Waals surface area contributed by atoms with Gasteiger partial charge in [0.2, 0.25) is 0 Å². The van der Waals surface area contributed by atoms with Crippen LogP contribution in [0.2, 0.25) is 0 Å². The maximum absolute atomic E-state index is 14.9. The third-order valence-electron chi connectivity index (χ3n) is 4.95. The molecule has 2 heterocycles. The lowest BCUT2D eigenvalue weighted by molar-refractivity contribution is 0.116. The van der Waals surface area contributed by atoms with Crippen LogP contribution in [-0.2, 0) is 16.8 Å². The summed E-state index contributed by atoms with van der Waals surface area (Å²) < 4.78 is 72.5. The fourth-order valence-electron chi connectivity index (χ4n) is 3.24. The van der Waals surface area contributed by atoms with Gasteiger partial charge in [-0.15, -0.1) is 0 Å². The lowest BCUT2D eigenvalue weighted by Gasteiger charge is -2.34. The largest absolute Gasteiger partial charge is 0.417 e. The molecule has 2 aromatic carbocycles. The van der Waals surface area contributed by atoms with Gasteiger partial charge in [0.1, 0.15) is 12.0 Å². The van der Waals surface area contributed by atoms with Crippen molar-refractivity contribution in [3.05, 3.63) is 65.6 Å². The number of benzene rings is 2. The molecule has 0 fully saturated rings. The number of carbonyl (C=O) groups is 1. The van der Waals surface area contributed by atoms with Crippen LogP contribution in [0.15, 0.2) is 47.2 Å². The van der Waals surface area contributed by atoms with Gasteiger partial charge in [0.05, 0.1) is 24.5 Å². The average Bonchev–Trinajstić information content (AvgIpc) is 3.28. The molecule has 0 unspecified atom stereocenters. The molecule has 0 radical (unpaired) electrons. The normalized spacial score (nSPS) is 15.7. The number of amides is 1. The van der Waals surface area contributed by atoms with E-state index in [0.717, 1.165) is 6.07 Å². The van der Waals surface area contributed by atoms with Crippen LogP contribution in [0.25, 0.3) is 0 Å². The number of nitrogens with one attached hydrogen (secondary N) is 2. The summed E-state index contributed by atoms with van der Waals surface area (Å²) in [5, 5.41) is 0. The van der Waals surface area contributed by atoms with Crippen molar-refractivity contribution in [2.75, 3.05) is 11.8 Å². The van der Waals surface area contributed by atoms with E-state index in [1.54, 1.807) is 6.92 Å². The second kappa shape index (κ2) is 8.67. The van der Waals surface area contributed by atoms with Crippen molar-refractivity contribution in [1.29, 1.82) is 0 Å². The number of aromatic nitrogens is 1. The quantitative estimate of drug-likeness (QED) is 0.529. The number of carbonyl (C=O) groups excluding carboxylic acids is 1. The van der Waals surface area contributed by atoms with Crippen LogP contribution in [-0.4, -0.2) is 31.4 Å². The minimum atomic E-state index is -3.94. The highest BCUT2D eigenvalue weighted by molar-refractivity contribution is 7.90. The summed E-state index contributed by atoms with van der Waals surface area (Å²) in [6, 6.07) is 5.73. The van der Waals surface area contributed by atoms with Crippen molar-refractivity contribution in [1.82, 2.24) is 14.6 Å². The van der Waals surface area contributed by atoms with E-state index >= 15 is 0 Å². The standard InChI is InChI=1S/C20H18F2N4O6S/c1-11-13-8-14(21)17(31-19-24-6-7-30-19)9-16(13)32-20(27)26(11)10-12-4-3-5-15(18(12)22)25-33(28,29)23-2/h3-9,11,23,25H,10H2,1-2H3/t11-/m1/s1. The summed E-state index contributed by atoms with van der Waals surface area (Å²) in [4.78, 5) is 17.6. The molecule has 0 saturated heterocycles. The van der Waals surface area contributed by atoms with Gasteiger partial charge in [-0.2, -0.15) is 13.4 Å². The number of halogens is 2. The zero-order chi connectivity index (χ0) is 23.8. The molecule has 174 valence electrons. The highest BCUT2D eigenvalue weighted by Crippen LogP contribution is 2.40. The zero-order valence-corrected chi connectivity index (χ0v) is 18.2. The fourth-order valence-corrected chi connectivity index (χ4v) is 3.79. The van der Waals surface area contributed by atoms with Crippen LogP contribution in [0.5, 0.6) is 17.6 Å². The molecule has 10 nitrogen and oxygen atoms in total. The van der Waals surface area contributed by atoms with E-state index in [-0.39, 0.29) is 35.4 Å². The molecule has 1 amide bonds. The van der Waals surface area contributed by atoms with Crippen molar-refractivity contribution >= 4 is 22.0 Å². The van der Waals surface area contributed by atoms with E-state index in [0.29, 0.717) is 5.56 Å². The molecular weight excluding hydrogens is 462 g/mol. The van der Waals surface area contributed by atoms with E-state index in [9.17, 15) is 22.0 Å². The van der Waals surface area contributed by atoms with Crippen molar-refractivity contribution < 1.29 is 35.9 Å². The Hall–Kier alpha value is -3.71. The fraction of sp³-hybridized carbons (Fsp3) is 0.200. The highest BCUT2D eigenvalue weighted by Gasteiger charge is 2.34. The van der Waals surface area contributed by atoms with E-state index in [2.05, 4.69) is 9.71 Å². The number of hydrogen-bond acceptors (Lipinski definition) is 7. The smallest absolute Gasteiger partial charge is 0.416 e. The van der Waals surface area contributed by atoms with E-state index in [4.69, 9.17) is 13.9 Å². The third-order valence-corrected chi connectivity index (χ3v) is 5.98. The molecule has 4 rings (SSSR count). The second-order valence-electron chi connectivity index (χ2n) is 6.98. The van der Waals surface area contributed by atoms with Gasteiger partial charge in [-0.05, 0) is 19.1 Å². The lowest BCUT2D eigenvalue weighted by Crippen LogP contribution is -2.39. The number of anilines is 1. The minimum absolute atomic E-state index is 0.0304. The molecule has 0 bridgehead atoms. The number of fused-ring (bicyclic) bond motifs is 1. The molecule has 1 aliphatic rings. The van der Waals surface area contributed by atoms with Gasteiger partial charge in [0.15, 0.2) is 17.4 Å². The molecule has 1 aliphatic heterocycles. The molecule has 13 heteroatoms. The van der Waals surface area contributed by atoms with Crippen molar-refractivity contribution in [2.24, 2.45) is 0 Å². The van der Waals surface area contributed by atoms with Crippen LogP contribution < -0.4 is 18.9 Å². The molecule has 33 heavy (non-hydrogen) atoms. The van der Waals surface area contributed by atoms with Crippen LogP contribution in [0, 0.1) is 11.6 Å². The first-order valence-corrected chi connectivity index (χ1v) is 11.0. The molecule has 0 saturated carbocycles. The first-order valence-electron chi connectivity index (χ1n) is 9.56. The zero-order valence-electron chi connectivity index (χ0n) is 17.3. The molecule has 3 aromatic rings. The lowest BCUT2D eigenvalue weighted by atomic mass is 10.0. The SMILES string of the molecule is CNS(=O)(=O)Nc1cccc(CN2C(=O)Oc3cc(Oc4ncco4)c(F)cc3[C@H]2C)c1F. The molecule has 1 aromatic heterocycles. The Balaban J connectivity index is 1.60. The van der Waals surface area contributed by atoms with Crippen LogP contribution in [0.1, 0.15) is 24.1 Å². The Kier molecular flexibility index (Phi) is 5.91. The van der Waals surface area contributed by atoms with E-state index in [1.165, 1.54) is 48.7 Å². The maximum atomic E-state index is 14.9. The monoisotopic (exact) mass is 480 g/mol. The Morgan fingerprint density at radius 3 is 2.76 bits per heavy atom. The molecular formula is C20H18F2N4O6S. The number of rotatable bonds is 7. The Morgan fingerprint density at radius 2 is 2.06 bits per heavy atom. The van der Waals surface area contributed by atoms with Crippen molar-refractivity contribution in [3.8, 4) is 17.6 Å². The summed E-state index contributed by atoms with van der Waals surface area (Å²) in [6.45, 7) is 1.37. The van der Waals surface area contributed by atoms with Gasteiger partial charge in [-0.25, -0.2) is 18.3 Å². The second-order valence-corrected chi connectivity index (χ2v) is 8.60. The average molecular weight is 480 g/mol. The number of hydrogen-bond donors (Lipinski definition) is 2. The van der Waals surface area contributed by atoms with Gasteiger partial charge in [-0.1, -0.05) is 12.1 Å². The Bertz CT molecular complexity index is 1300. The van der Waals surface area contributed by atoms with Gasteiger partial charge in [0, 0.05) is 24.2 Å². The predicted octanol–water partition coefficient (Wildman–Crippen LogP) is 3.70. The Morgan fingerprint density at radius 1 is 1.27 bits per heavy atom. The van der Waals surface area contributed by atoms with Gasteiger partial charge in [0.25, 0.3) is 10.2 Å². The third kappa shape index (κ3) is 4.59. The van der Waals surface area contributed by atoms with E-state index in [1.807, 2.05) is 4.72 Å². The van der Waals surface area contributed by atoms with Crippen molar-refractivity contribution in [2.45, 2.75) is 19.5 Å². The number of oxazole rings is 1. The summed E-state index contributed by atoms with van der Waals surface area (Å²) in [5.41, 5.74) is 0.0711.